The van der Waals surface area contributed by atoms with E-state index in [0.29, 0.717) is 0 Å². The molecule has 0 bridgehead atoms. The van der Waals surface area contributed by atoms with E-state index >= 15 is 0 Å². The van der Waals surface area contributed by atoms with Gasteiger partial charge in [-0.05, 0) is 38.0 Å². The highest BCUT2D eigenvalue weighted by atomic mass is 35.5. The standard InChI is InChI=1S/C12H18ClNO/c1-8-5-6-9(7-10(8)13)11(14)12(2,3)15-4/h5-7,11H,14H2,1-4H3. The summed E-state index contributed by atoms with van der Waals surface area (Å²) in [6, 6.07) is 5.69. The molecule has 2 N–H and O–H groups in total. The fourth-order valence-corrected chi connectivity index (χ4v) is 1.52. The van der Waals surface area contributed by atoms with Gasteiger partial charge in [0.15, 0.2) is 0 Å². The maximum absolute atomic E-state index is 6.12. The Labute approximate surface area is 96.4 Å². The Balaban J connectivity index is 3.02. The van der Waals surface area contributed by atoms with E-state index in [2.05, 4.69) is 0 Å². The lowest BCUT2D eigenvalue weighted by atomic mass is 9.92. The Hall–Kier alpha value is -0.570. The largest absolute Gasteiger partial charge is 0.377 e. The summed E-state index contributed by atoms with van der Waals surface area (Å²) in [6.45, 7) is 5.90. The summed E-state index contributed by atoms with van der Waals surface area (Å²) in [7, 11) is 1.66. The lowest BCUT2D eigenvalue weighted by molar-refractivity contribution is -0.0000303. The van der Waals surface area contributed by atoms with E-state index in [1.54, 1.807) is 7.11 Å². The predicted octanol–water partition coefficient (Wildman–Crippen LogP) is 3.07. The van der Waals surface area contributed by atoms with Crippen molar-refractivity contribution in [2.45, 2.75) is 32.4 Å². The molecule has 0 aromatic heterocycles. The maximum atomic E-state index is 6.12. The molecule has 84 valence electrons. The normalized spacial score (nSPS) is 14.0. The minimum Gasteiger partial charge on any atom is -0.377 e. The molecule has 0 saturated heterocycles. The van der Waals surface area contributed by atoms with Crippen LogP contribution < -0.4 is 5.73 Å². The van der Waals surface area contributed by atoms with Gasteiger partial charge in [0.05, 0.1) is 11.6 Å². The van der Waals surface area contributed by atoms with Gasteiger partial charge in [0.2, 0.25) is 0 Å². The van der Waals surface area contributed by atoms with Crippen LogP contribution in [0.25, 0.3) is 0 Å². The lowest BCUT2D eigenvalue weighted by Gasteiger charge is -2.30. The van der Waals surface area contributed by atoms with Crippen LogP contribution >= 0.6 is 11.6 Å². The zero-order valence-electron chi connectivity index (χ0n) is 9.67. The molecule has 0 amide bonds. The van der Waals surface area contributed by atoms with E-state index in [-0.39, 0.29) is 6.04 Å². The molecule has 1 unspecified atom stereocenters. The Bertz CT molecular complexity index is 349. The molecule has 3 heteroatoms. The van der Waals surface area contributed by atoms with Crippen molar-refractivity contribution in [3.63, 3.8) is 0 Å². The molecule has 15 heavy (non-hydrogen) atoms. The molecule has 0 heterocycles. The molecule has 1 rings (SSSR count). The summed E-state index contributed by atoms with van der Waals surface area (Å²) in [5.41, 5.74) is 7.78. The van der Waals surface area contributed by atoms with Gasteiger partial charge in [0, 0.05) is 12.1 Å². The Kier molecular flexibility index (Phi) is 3.77. The molecule has 0 spiro atoms. The number of hydrogen-bond acceptors (Lipinski definition) is 2. The highest BCUT2D eigenvalue weighted by Crippen LogP contribution is 2.28. The van der Waals surface area contributed by atoms with E-state index in [9.17, 15) is 0 Å². The third kappa shape index (κ3) is 2.71. The summed E-state index contributed by atoms with van der Waals surface area (Å²) < 4.78 is 5.36. The van der Waals surface area contributed by atoms with Gasteiger partial charge in [0.25, 0.3) is 0 Å². The van der Waals surface area contributed by atoms with Crippen LogP contribution in [0, 0.1) is 6.92 Å². The molecule has 2 nitrogen and oxygen atoms in total. The molecule has 0 saturated carbocycles. The van der Waals surface area contributed by atoms with Gasteiger partial charge in [-0.2, -0.15) is 0 Å². The number of halogens is 1. The number of ether oxygens (including phenoxy) is 1. The predicted molar refractivity (Wildman–Crippen MR) is 64.2 cm³/mol. The molecule has 0 aliphatic rings. The number of methoxy groups -OCH3 is 1. The quantitative estimate of drug-likeness (QED) is 0.862. The van der Waals surface area contributed by atoms with E-state index in [4.69, 9.17) is 22.1 Å². The van der Waals surface area contributed by atoms with Gasteiger partial charge in [0.1, 0.15) is 0 Å². The Morgan fingerprint density at radius 1 is 1.40 bits per heavy atom. The van der Waals surface area contributed by atoms with Crippen LogP contribution in [0.5, 0.6) is 0 Å². The first-order chi connectivity index (χ1) is 6.88. The van der Waals surface area contributed by atoms with Crippen LogP contribution in [0.1, 0.15) is 31.0 Å². The molecule has 1 aromatic rings. The first-order valence-electron chi connectivity index (χ1n) is 4.95. The van der Waals surface area contributed by atoms with Crippen LogP contribution in [0.2, 0.25) is 5.02 Å². The summed E-state index contributed by atoms with van der Waals surface area (Å²) in [5, 5.41) is 0.745. The summed E-state index contributed by atoms with van der Waals surface area (Å²) in [6.07, 6.45) is 0. The van der Waals surface area contributed by atoms with Crippen molar-refractivity contribution in [2.24, 2.45) is 5.73 Å². The zero-order chi connectivity index (χ0) is 11.6. The molecular formula is C12H18ClNO. The van der Waals surface area contributed by atoms with Gasteiger partial charge in [-0.3, -0.25) is 0 Å². The fourth-order valence-electron chi connectivity index (χ4n) is 1.33. The Morgan fingerprint density at radius 2 is 2.00 bits per heavy atom. The van der Waals surface area contributed by atoms with Gasteiger partial charge < -0.3 is 10.5 Å². The molecule has 0 aliphatic heterocycles. The summed E-state index contributed by atoms with van der Waals surface area (Å²) in [4.78, 5) is 0. The molecule has 1 atom stereocenters. The smallest absolute Gasteiger partial charge is 0.0814 e. The van der Waals surface area contributed by atoms with Crippen molar-refractivity contribution in [2.75, 3.05) is 7.11 Å². The average molecular weight is 228 g/mol. The van der Waals surface area contributed by atoms with Gasteiger partial charge in [-0.15, -0.1) is 0 Å². The second-order valence-electron chi connectivity index (χ2n) is 4.29. The lowest BCUT2D eigenvalue weighted by Crippen LogP contribution is -2.37. The van der Waals surface area contributed by atoms with Gasteiger partial charge in [-0.1, -0.05) is 23.7 Å². The molecule has 0 fully saturated rings. The average Bonchev–Trinajstić information content (AvgIpc) is 2.21. The fraction of sp³-hybridized carbons (Fsp3) is 0.500. The minimum atomic E-state index is -0.390. The third-order valence-electron chi connectivity index (χ3n) is 2.83. The highest BCUT2D eigenvalue weighted by molar-refractivity contribution is 6.31. The van der Waals surface area contributed by atoms with Crippen molar-refractivity contribution < 1.29 is 4.74 Å². The van der Waals surface area contributed by atoms with Crippen molar-refractivity contribution in [1.82, 2.24) is 0 Å². The second kappa shape index (κ2) is 4.52. The van der Waals surface area contributed by atoms with E-state index in [1.807, 2.05) is 39.0 Å². The van der Waals surface area contributed by atoms with Crippen LogP contribution in [0.3, 0.4) is 0 Å². The first-order valence-corrected chi connectivity index (χ1v) is 5.33. The molecule has 0 aliphatic carbocycles. The topological polar surface area (TPSA) is 35.2 Å². The number of nitrogens with two attached hydrogens (primary N) is 1. The number of rotatable bonds is 3. The van der Waals surface area contributed by atoms with Gasteiger partial charge >= 0.3 is 0 Å². The monoisotopic (exact) mass is 227 g/mol. The molecular weight excluding hydrogens is 210 g/mol. The van der Waals surface area contributed by atoms with Gasteiger partial charge in [-0.25, -0.2) is 0 Å². The van der Waals surface area contributed by atoms with Crippen LogP contribution in [0.4, 0.5) is 0 Å². The van der Waals surface area contributed by atoms with Crippen LogP contribution in [-0.4, -0.2) is 12.7 Å². The third-order valence-corrected chi connectivity index (χ3v) is 3.24. The second-order valence-corrected chi connectivity index (χ2v) is 4.70. The van der Waals surface area contributed by atoms with Crippen LogP contribution in [-0.2, 0) is 4.74 Å². The molecule has 1 aromatic carbocycles. The van der Waals surface area contributed by atoms with Crippen molar-refractivity contribution in [3.05, 3.63) is 34.3 Å². The zero-order valence-corrected chi connectivity index (χ0v) is 10.4. The summed E-state index contributed by atoms with van der Waals surface area (Å²) >= 11 is 6.05. The maximum Gasteiger partial charge on any atom is 0.0814 e. The highest BCUT2D eigenvalue weighted by Gasteiger charge is 2.27. The van der Waals surface area contributed by atoms with Crippen molar-refractivity contribution >= 4 is 11.6 Å². The number of aryl methyl sites for hydroxylation is 1. The van der Waals surface area contributed by atoms with E-state index < -0.39 is 5.60 Å². The van der Waals surface area contributed by atoms with Crippen molar-refractivity contribution in [3.8, 4) is 0 Å². The van der Waals surface area contributed by atoms with Crippen LogP contribution in [0.15, 0.2) is 18.2 Å². The summed E-state index contributed by atoms with van der Waals surface area (Å²) in [5.74, 6) is 0. The number of benzene rings is 1. The van der Waals surface area contributed by atoms with E-state index in [0.717, 1.165) is 16.1 Å². The molecule has 0 radical (unpaired) electrons. The SMILES string of the molecule is COC(C)(C)C(N)c1ccc(C)c(Cl)c1. The Morgan fingerprint density at radius 3 is 2.47 bits per heavy atom. The number of hydrogen-bond donors (Lipinski definition) is 1. The van der Waals surface area contributed by atoms with Crippen molar-refractivity contribution in [1.29, 1.82) is 0 Å². The first kappa shape index (κ1) is 12.5. The van der Waals surface area contributed by atoms with E-state index in [1.165, 1.54) is 0 Å². The minimum absolute atomic E-state index is 0.180.